The van der Waals surface area contributed by atoms with Crippen LogP contribution >= 0.6 is 39.9 Å². The highest BCUT2D eigenvalue weighted by Gasteiger charge is 2.22. The monoisotopic (exact) mass is 366 g/mol. The molecule has 1 aromatic carbocycles. The fraction of sp³-hybridized carbons (Fsp3) is 0.571. The summed E-state index contributed by atoms with van der Waals surface area (Å²) >= 11 is 9.68. The zero-order valence-corrected chi connectivity index (χ0v) is 14.3. The van der Waals surface area contributed by atoms with E-state index in [9.17, 15) is 0 Å². The third-order valence-electron chi connectivity index (χ3n) is 3.78. The van der Waals surface area contributed by atoms with E-state index in [1.165, 1.54) is 18.4 Å². The smallest absolute Gasteiger partial charge is 0.0462 e. The summed E-state index contributed by atoms with van der Waals surface area (Å²) < 4.78 is 1.03. The standard InChI is InChI=1S/C14H20BrClN2.ClH/c1-10(17)11-4-6-18(7-5-11)9-12-2-3-13(15)8-14(12)16;/h2-3,8,10-11H,4-7,9,17H2,1H3;1H. The molecule has 0 amide bonds. The molecule has 2 N–H and O–H groups in total. The van der Waals surface area contributed by atoms with Gasteiger partial charge in [-0.3, -0.25) is 4.90 Å². The second-order valence-electron chi connectivity index (χ2n) is 5.21. The number of benzene rings is 1. The molecule has 0 aromatic heterocycles. The van der Waals surface area contributed by atoms with Crippen LogP contribution in [0.5, 0.6) is 0 Å². The molecule has 1 atom stereocenters. The van der Waals surface area contributed by atoms with Gasteiger partial charge in [0.05, 0.1) is 0 Å². The van der Waals surface area contributed by atoms with E-state index in [1.807, 2.05) is 6.07 Å². The van der Waals surface area contributed by atoms with E-state index in [-0.39, 0.29) is 12.4 Å². The molecule has 108 valence electrons. The van der Waals surface area contributed by atoms with Gasteiger partial charge in [-0.1, -0.05) is 33.6 Å². The third kappa shape index (κ3) is 4.91. The van der Waals surface area contributed by atoms with Gasteiger partial charge in [0.15, 0.2) is 0 Å². The van der Waals surface area contributed by atoms with Crippen molar-refractivity contribution >= 4 is 39.9 Å². The van der Waals surface area contributed by atoms with Gasteiger partial charge < -0.3 is 5.73 Å². The normalized spacial score (nSPS) is 18.9. The Morgan fingerprint density at radius 2 is 2.05 bits per heavy atom. The van der Waals surface area contributed by atoms with E-state index >= 15 is 0 Å². The van der Waals surface area contributed by atoms with Crippen molar-refractivity contribution < 1.29 is 0 Å². The zero-order valence-electron chi connectivity index (χ0n) is 11.1. The average Bonchev–Trinajstić information content (AvgIpc) is 2.33. The summed E-state index contributed by atoms with van der Waals surface area (Å²) in [6.45, 7) is 5.31. The highest BCUT2D eigenvalue weighted by atomic mass is 79.9. The first-order valence-corrected chi connectivity index (χ1v) is 7.65. The van der Waals surface area contributed by atoms with Crippen LogP contribution < -0.4 is 5.73 Å². The Balaban J connectivity index is 0.00000180. The lowest BCUT2D eigenvalue weighted by molar-refractivity contribution is 0.166. The van der Waals surface area contributed by atoms with Crippen molar-refractivity contribution in [1.29, 1.82) is 0 Å². The van der Waals surface area contributed by atoms with E-state index in [1.54, 1.807) is 0 Å². The highest BCUT2D eigenvalue weighted by Crippen LogP contribution is 2.25. The van der Waals surface area contributed by atoms with Gasteiger partial charge in [-0.05, 0) is 56.5 Å². The van der Waals surface area contributed by atoms with E-state index in [0.717, 1.165) is 29.1 Å². The maximum absolute atomic E-state index is 6.25. The molecule has 1 aliphatic heterocycles. The minimum absolute atomic E-state index is 0. The van der Waals surface area contributed by atoms with E-state index in [0.29, 0.717) is 12.0 Å². The van der Waals surface area contributed by atoms with Crippen molar-refractivity contribution in [2.75, 3.05) is 13.1 Å². The number of hydrogen-bond acceptors (Lipinski definition) is 2. The molecule has 0 radical (unpaired) electrons. The average molecular weight is 368 g/mol. The van der Waals surface area contributed by atoms with E-state index in [4.69, 9.17) is 17.3 Å². The minimum atomic E-state index is 0. The number of piperidine rings is 1. The maximum Gasteiger partial charge on any atom is 0.0462 e. The molecular weight excluding hydrogens is 347 g/mol. The summed E-state index contributed by atoms with van der Waals surface area (Å²) in [6.07, 6.45) is 2.40. The van der Waals surface area contributed by atoms with Crippen LogP contribution in [0.15, 0.2) is 22.7 Å². The molecule has 1 aliphatic rings. The summed E-state index contributed by atoms with van der Waals surface area (Å²) in [5, 5.41) is 0.846. The molecule has 0 spiro atoms. The molecule has 0 aliphatic carbocycles. The van der Waals surface area contributed by atoms with Crippen LogP contribution in [0.1, 0.15) is 25.3 Å². The first kappa shape index (κ1) is 17.3. The Labute approximate surface area is 135 Å². The van der Waals surface area contributed by atoms with Crippen LogP contribution in [-0.4, -0.2) is 24.0 Å². The van der Waals surface area contributed by atoms with Crippen molar-refractivity contribution in [2.24, 2.45) is 11.7 Å². The molecule has 2 rings (SSSR count). The quantitative estimate of drug-likeness (QED) is 0.871. The lowest BCUT2D eigenvalue weighted by atomic mass is 9.91. The second-order valence-corrected chi connectivity index (χ2v) is 6.53. The molecule has 5 heteroatoms. The van der Waals surface area contributed by atoms with E-state index in [2.05, 4.69) is 39.9 Å². The lowest BCUT2D eigenvalue weighted by Crippen LogP contribution is -2.39. The third-order valence-corrected chi connectivity index (χ3v) is 4.63. The first-order valence-electron chi connectivity index (χ1n) is 6.48. The Morgan fingerprint density at radius 3 is 2.58 bits per heavy atom. The lowest BCUT2D eigenvalue weighted by Gasteiger charge is -2.33. The maximum atomic E-state index is 6.25. The van der Waals surface area contributed by atoms with Crippen LogP contribution in [0.4, 0.5) is 0 Å². The number of halogens is 3. The highest BCUT2D eigenvalue weighted by molar-refractivity contribution is 9.10. The van der Waals surface area contributed by atoms with Gasteiger partial charge in [-0.2, -0.15) is 0 Å². The Hall–Kier alpha value is 0.200. The first-order chi connectivity index (χ1) is 8.56. The molecule has 0 saturated carbocycles. The van der Waals surface area contributed by atoms with Gasteiger partial charge in [0.2, 0.25) is 0 Å². The zero-order chi connectivity index (χ0) is 13.1. The number of hydrogen-bond donors (Lipinski definition) is 1. The fourth-order valence-electron chi connectivity index (χ4n) is 2.53. The Morgan fingerprint density at radius 1 is 1.42 bits per heavy atom. The fourth-order valence-corrected chi connectivity index (χ4v) is 3.26. The summed E-state index contributed by atoms with van der Waals surface area (Å²) in [7, 11) is 0. The summed E-state index contributed by atoms with van der Waals surface area (Å²) in [6, 6.07) is 6.44. The van der Waals surface area contributed by atoms with Crippen LogP contribution in [0.25, 0.3) is 0 Å². The molecular formula is C14H21BrCl2N2. The number of nitrogens with two attached hydrogens (primary N) is 1. The van der Waals surface area contributed by atoms with Crippen molar-refractivity contribution in [1.82, 2.24) is 4.90 Å². The summed E-state index contributed by atoms with van der Waals surface area (Å²) in [4.78, 5) is 2.47. The van der Waals surface area contributed by atoms with Crippen LogP contribution in [-0.2, 0) is 6.54 Å². The molecule has 1 heterocycles. The van der Waals surface area contributed by atoms with Gasteiger partial charge in [0.1, 0.15) is 0 Å². The molecule has 1 saturated heterocycles. The van der Waals surface area contributed by atoms with Crippen LogP contribution in [0.3, 0.4) is 0 Å². The van der Waals surface area contributed by atoms with E-state index < -0.39 is 0 Å². The summed E-state index contributed by atoms with van der Waals surface area (Å²) in [5.41, 5.74) is 7.17. The van der Waals surface area contributed by atoms with Crippen molar-refractivity contribution in [3.05, 3.63) is 33.3 Å². The molecule has 2 nitrogen and oxygen atoms in total. The summed E-state index contributed by atoms with van der Waals surface area (Å²) in [5.74, 6) is 0.682. The SMILES string of the molecule is CC(N)C1CCN(Cc2ccc(Br)cc2Cl)CC1.Cl. The van der Waals surface area contributed by atoms with Crippen molar-refractivity contribution in [3.8, 4) is 0 Å². The van der Waals surface area contributed by atoms with Crippen LogP contribution in [0, 0.1) is 5.92 Å². The van der Waals surface area contributed by atoms with Gasteiger partial charge in [-0.15, -0.1) is 12.4 Å². The molecule has 1 aromatic rings. The van der Waals surface area contributed by atoms with Gasteiger partial charge in [-0.25, -0.2) is 0 Å². The van der Waals surface area contributed by atoms with Gasteiger partial charge in [0, 0.05) is 22.1 Å². The Kier molecular flexibility index (Phi) is 7.12. The van der Waals surface area contributed by atoms with Crippen LogP contribution in [0.2, 0.25) is 5.02 Å². The molecule has 0 bridgehead atoms. The largest absolute Gasteiger partial charge is 0.328 e. The Bertz CT molecular complexity index is 404. The molecule has 1 unspecified atom stereocenters. The van der Waals surface area contributed by atoms with Crippen molar-refractivity contribution in [2.45, 2.75) is 32.4 Å². The van der Waals surface area contributed by atoms with Gasteiger partial charge in [0.25, 0.3) is 0 Å². The topological polar surface area (TPSA) is 29.3 Å². The number of rotatable bonds is 3. The number of nitrogens with zero attached hydrogens (tertiary/aromatic N) is 1. The van der Waals surface area contributed by atoms with Gasteiger partial charge >= 0.3 is 0 Å². The minimum Gasteiger partial charge on any atom is -0.328 e. The molecule has 1 fully saturated rings. The predicted octanol–water partition coefficient (Wildman–Crippen LogP) is 4.08. The van der Waals surface area contributed by atoms with Crippen molar-refractivity contribution in [3.63, 3.8) is 0 Å². The second kappa shape index (κ2) is 7.84. The number of likely N-dealkylation sites (tertiary alicyclic amines) is 1. The predicted molar refractivity (Wildman–Crippen MR) is 88.1 cm³/mol. The molecule has 19 heavy (non-hydrogen) atoms.